The van der Waals surface area contributed by atoms with Crippen molar-refractivity contribution in [1.82, 2.24) is 10.2 Å². The number of aliphatic hydroxyl groups is 1. The van der Waals surface area contributed by atoms with Gasteiger partial charge in [0.05, 0.1) is 18.8 Å². The Morgan fingerprint density at radius 1 is 1.36 bits per heavy atom. The fraction of sp³-hybridized carbons (Fsp3) is 0.609. The van der Waals surface area contributed by atoms with Gasteiger partial charge in [0.25, 0.3) is 0 Å². The van der Waals surface area contributed by atoms with Crippen LogP contribution < -0.4 is 10.1 Å². The topological polar surface area (TPSA) is 61.8 Å². The highest BCUT2D eigenvalue weighted by atomic mass is 16.5. The minimum absolute atomic E-state index is 0.00565. The molecule has 2 N–H and O–H groups in total. The van der Waals surface area contributed by atoms with Gasteiger partial charge in [-0.25, -0.2) is 0 Å². The number of ether oxygens (including phenoxy) is 1. The normalized spacial score (nSPS) is 38.8. The van der Waals surface area contributed by atoms with E-state index in [4.69, 9.17) is 4.74 Å². The molecule has 0 spiro atoms. The summed E-state index contributed by atoms with van der Waals surface area (Å²) in [6, 6.07) is 6.58. The first kappa shape index (κ1) is 17.0. The highest BCUT2D eigenvalue weighted by Gasteiger charge is 2.66. The van der Waals surface area contributed by atoms with Gasteiger partial charge in [-0.2, -0.15) is 0 Å². The third-order valence-corrected chi connectivity index (χ3v) is 8.19. The number of piperidine rings is 1. The standard InChI is InChI=1S/C23H28N2O3/c1-28-17-5-4-15-8-20-23(27)11-16-9-21(26)24-19(16)12-22(23,18(15)10-17)6-7-25(20)13-14-2-3-14/h4-5,9-10,14,19-20,27H,2-3,6-8,11-13H2,1H3,(H,24,26)/t19?,20-,22?,23-/m1/s1. The number of hydrogen-bond acceptors (Lipinski definition) is 4. The maximum atomic E-state index is 12.3. The molecule has 5 heteroatoms. The van der Waals surface area contributed by atoms with E-state index in [2.05, 4.69) is 22.3 Å². The number of hydrogen-bond donors (Lipinski definition) is 2. The molecule has 1 amide bonds. The number of nitrogens with one attached hydrogen (secondary N) is 1. The molecule has 0 radical (unpaired) electrons. The number of benzene rings is 1. The van der Waals surface area contributed by atoms with E-state index < -0.39 is 5.60 Å². The highest BCUT2D eigenvalue weighted by Crippen LogP contribution is 2.60. The Labute approximate surface area is 165 Å². The lowest BCUT2D eigenvalue weighted by Crippen LogP contribution is -2.74. The van der Waals surface area contributed by atoms with Crippen LogP contribution in [0.2, 0.25) is 0 Å². The number of fused-ring (bicyclic) bond motifs is 2. The summed E-state index contributed by atoms with van der Waals surface area (Å²) < 4.78 is 5.54. The average molecular weight is 380 g/mol. The van der Waals surface area contributed by atoms with Gasteiger partial charge >= 0.3 is 0 Å². The van der Waals surface area contributed by atoms with Gasteiger partial charge in [-0.1, -0.05) is 6.07 Å². The van der Waals surface area contributed by atoms with Crippen LogP contribution in [0.5, 0.6) is 5.75 Å². The molecule has 2 unspecified atom stereocenters. The number of carbonyl (C=O) groups is 1. The summed E-state index contributed by atoms with van der Waals surface area (Å²) in [6.07, 6.45) is 7.58. The minimum Gasteiger partial charge on any atom is -0.497 e. The summed E-state index contributed by atoms with van der Waals surface area (Å²) in [5.74, 6) is 1.65. The molecule has 3 aliphatic carbocycles. The lowest BCUT2D eigenvalue weighted by Gasteiger charge is -2.64. The van der Waals surface area contributed by atoms with Crippen molar-refractivity contribution < 1.29 is 14.6 Å². The third-order valence-electron chi connectivity index (χ3n) is 8.19. The summed E-state index contributed by atoms with van der Waals surface area (Å²) in [5, 5.41) is 15.5. The van der Waals surface area contributed by atoms with Gasteiger partial charge in [-0.15, -0.1) is 0 Å². The van der Waals surface area contributed by atoms with Gasteiger partial charge in [0.2, 0.25) is 5.91 Å². The van der Waals surface area contributed by atoms with Crippen molar-refractivity contribution in [3.8, 4) is 5.75 Å². The van der Waals surface area contributed by atoms with Crippen LogP contribution in [0.1, 0.15) is 43.2 Å². The number of methoxy groups -OCH3 is 1. The van der Waals surface area contributed by atoms with E-state index >= 15 is 0 Å². The van der Waals surface area contributed by atoms with Crippen molar-refractivity contribution in [2.75, 3.05) is 20.2 Å². The Hall–Kier alpha value is -1.85. The van der Waals surface area contributed by atoms with E-state index in [0.717, 1.165) is 49.6 Å². The summed E-state index contributed by atoms with van der Waals surface area (Å²) in [6.45, 7) is 2.13. The monoisotopic (exact) mass is 380 g/mol. The summed E-state index contributed by atoms with van der Waals surface area (Å²) >= 11 is 0. The lowest BCUT2D eigenvalue weighted by atomic mass is 9.48. The van der Waals surface area contributed by atoms with Crippen LogP contribution in [0.15, 0.2) is 29.8 Å². The van der Waals surface area contributed by atoms with E-state index in [-0.39, 0.29) is 23.4 Å². The van der Waals surface area contributed by atoms with Crippen LogP contribution in [-0.2, 0) is 16.6 Å². The van der Waals surface area contributed by atoms with Crippen LogP contribution in [-0.4, -0.2) is 53.8 Å². The number of amides is 1. The molecule has 5 nitrogen and oxygen atoms in total. The largest absolute Gasteiger partial charge is 0.497 e. The molecule has 28 heavy (non-hydrogen) atoms. The SMILES string of the molecule is COc1ccc2c(c1)C13CCN(CC4CC4)[C@H](C2)[C@]1(O)CC1=CC(=O)NC1C3. The molecular formula is C23H28N2O3. The Morgan fingerprint density at radius 3 is 3.00 bits per heavy atom. The predicted molar refractivity (Wildman–Crippen MR) is 105 cm³/mol. The van der Waals surface area contributed by atoms with E-state index in [1.54, 1.807) is 13.2 Å². The average Bonchev–Trinajstić information content (AvgIpc) is 3.42. The Kier molecular flexibility index (Phi) is 3.41. The van der Waals surface area contributed by atoms with E-state index in [1.165, 1.54) is 24.0 Å². The molecule has 1 saturated heterocycles. The van der Waals surface area contributed by atoms with Gasteiger partial charge in [0, 0.05) is 30.5 Å². The highest BCUT2D eigenvalue weighted by molar-refractivity contribution is 5.92. The molecule has 5 aliphatic rings. The molecule has 1 aromatic rings. The zero-order valence-electron chi connectivity index (χ0n) is 16.4. The molecule has 1 aromatic carbocycles. The van der Waals surface area contributed by atoms with Gasteiger partial charge in [-0.05, 0) is 73.4 Å². The molecule has 2 heterocycles. The fourth-order valence-electron chi connectivity index (χ4n) is 6.63. The second-order valence-corrected chi connectivity index (χ2v) is 9.60. The first-order chi connectivity index (χ1) is 13.5. The van der Waals surface area contributed by atoms with Crippen molar-refractivity contribution in [2.24, 2.45) is 5.92 Å². The molecule has 4 atom stereocenters. The molecule has 3 fully saturated rings. The lowest BCUT2D eigenvalue weighted by molar-refractivity contribution is -0.159. The Morgan fingerprint density at radius 2 is 2.21 bits per heavy atom. The second-order valence-electron chi connectivity index (χ2n) is 9.60. The van der Waals surface area contributed by atoms with Crippen LogP contribution in [0.25, 0.3) is 0 Å². The Bertz CT molecular complexity index is 892. The van der Waals surface area contributed by atoms with E-state index in [0.29, 0.717) is 6.42 Å². The third kappa shape index (κ3) is 2.17. The zero-order valence-corrected chi connectivity index (χ0v) is 16.4. The molecule has 6 rings (SSSR count). The molecule has 2 saturated carbocycles. The fourth-order valence-corrected chi connectivity index (χ4v) is 6.63. The number of rotatable bonds is 3. The number of nitrogens with zero attached hydrogens (tertiary/aromatic N) is 1. The second kappa shape index (κ2) is 5.61. The van der Waals surface area contributed by atoms with Gasteiger partial charge < -0.3 is 15.2 Å². The quantitative estimate of drug-likeness (QED) is 0.841. The van der Waals surface area contributed by atoms with Crippen molar-refractivity contribution in [3.63, 3.8) is 0 Å². The minimum atomic E-state index is -0.825. The van der Waals surface area contributed by atoms with Crippen molar-refractivity contribution in [1.29, 1.82) is 0 Å². The van der Waals surface area contributed by atoms with E-state index in [9.17, 15) is 9.90 Å². The molecule has 2 bridgehead atoms. The molecule has 0 aromatic heterocycles. The van der Waals surface area contributed by atoms with Gasteiger partial charge in [-0.3, -0.25) is 9.69 Å². The number of carbonyl (C=O) groups excluding carboxylic acids is 1. The Balaban J connectivity index is 1.51. The van der Waals surface area contributed by atoms with Crippen molar-refractivity contribution >= 4 is 5.91 Å². The first-order valence-corrected chi connectivity index (χ1v) is 10.7. The summed E-state index contributed by atoms with van der Waals surface area (Å²) in [5.41, 5.74) is 2.53. The maximum Gasteiger partial charge on any atom is 0.244 e. The van der Waals surface area contributed by atoms with Crippen LogP contribution in [0.3, 0.4) is 0 Å². The van der Waals surface area contributed by atoms with Gasteiger partial charge in [0.15, 0.2) is 0 Å². The smallest absolute Gasteiger partial charge is 0.244 e. The molecular weight excluding hydrogens is 352 g/mol. The van der Waals surface area contributed by atoms with Gasteiger partial charge in [0.1, 0.15) is 5.75 Å². The summed E-state index contributed by atoms with van der Waals surface area (Å²) in [4.78, 5) is 14.6. The molecule has 2 aliphatic heterocycles. The molecule has 148 valence electrons. The van der Waals surface area contributed by atoms with Crippen LogP contribution >= 0.6 is 0 Å². The predicted octanol–water partition coefficient (Wildman–Crippen LogP) is 1.92. The van der Waals surface area contributed by atoms with Crippen molar-refractivity contribution in [2.45, 2.75) is 61.6 Å². The van der Waals surface area contributed by atoms with Crippen LogP contribution in [0.4, 0.5) is 0 Å². The zero-order chi connectivity index (χ0) is 19.1. The first-order valence-electron chi connectivity index (χ1n) is 10.7. The van der Waals surface area contributed by atoms with Crippen LogP contribution in [0, 0.1) is 5.92 Å². The van der Waals surface area contributed by atoms with Crippen molar-refractivity contribution in [3.05, 3.63) is 41.0 Å². The van der Waals surface area contributed by atoms with E-state index in [1.807, 2.05) is 6.07 Å². The number of likely N-dealkylation sites (tertiary alicyclic amines) is 1. The summed E-state index contributed by atoms with van der Waals surface area (Å²) in [7, 11) is 1.70. The maximum absolute atomic E-state index is 12.3.